The maximum absolute atomic E-state index is 9.17. The number of epoxide rings is 1. The molecular formula is C14H32O6SSi2. The molecular weight excluding hydrogens is 352 g/mol. The second-order valence-corrected chi connectivity index (χ2v) is 14.3. The predicted molar refractivity (Wildman–Crippen MR) is 99.7 cm³/mol. The van der Waals surface area contributed by atoms with E-state index in [2.05, 4.69) is 37.7 Å². The van der Waals surface area contributed by atoms with E-state index >= 15 is 0 Å². The summed E-state index contributed by atoms with van der Waals surface area (Å²) in [6.07, 6.45) is -0.435. The molecule has 1 aliphatic heterocycles. The number of thiocarbonyl (C=S) groups is 1. The van der Waals surface area contributed by atoms with Crippen molar-refractivity contribution in [3.05, 3.63) is 0 Å². The maximum atomic E-state index is 9.17. The third-order valence-corrected chi connectivity index (χ3v) is 10.6. The minimum Gasteiger partial charge on any atom is -0.436 e. The Morgan fingerprint density at radius 2 is 1.87 bits per heavy atom. The van der Waals surface area contributed by atoms with Crippen molar-refractivity contribution in [2.75, 3.05) is 33.5 Å². The molecule has 0 aliphatic carbocycles. The lowest BCUT2D eigenvalue weighted by atomic mass is 10.4. The summed E-state index contributed by atoms with van der Waals surface area (Å²) in [5.74, 6) is 2.83. The van der Waals surface area contributed by atoms with E-state index in [1.807, 2.05) is 0 Å². The molecule has 0 aromatic heterocycles. The Morgan fingerprint density at radius 1 is 1.26 bits per heavy atom. The minimum atomic E-state index is -2.20. The molecule has 0 spiro atoms. The van der Waals surface area contributed by atoms with Crippen LogP contribution in [0.1, 0.15) is 6.92 Å². The summed E-state index contributed by atoms with van der Waals surface area (Å²) in [5, 5.41) is 9.17. The van der Waals surface area contributed by atoms with Gasteiger partial charge in [0.25, 0.3) is 0 Å². The number of ether oxygens (including phenoxy) is 3. The highest BCUT2D eigenvalue weighted by atomic mass is 32.1. The van der Waals surface area contributed by atoms with E-state index < -0.39 is 23.0 Å². The second kappa shape index (κ2) is 11.8. The molecule has 1 heterocycles. The van der Waals surface area contributed by atoms with Crippen LogP contribution in [-0.2, 0) is 22.8 Å². The third kappa shape index (κ3) is 12.3. The molecule has 3 unspecified atom stereocenters. The molecule has 0 aromatic carbocycles. The standard InChI is InChI=1S/C13H30O6Si2.CH2S/c1-12(14)10-16-6-8-20(3,4)19-21(5,15-2)9-7-17-13-11-18-13;1-2/h12-14H,6-11H2,1-5H3;1H2. The van der Waals surface area contributed by atoms with Crippen LogP contribution in [-0.4, -0.2) is 73.8 Å². The van der Waals surface area contributed by atoms with Crippen LogP contribution < -0.4 is 0 Å². The normalized spacial score (nSPS) is 21.0. The lowest BCUT2D eigenvalue weighted by Crippen LogP contribution is -2.49. The largest absolute Gasteiger partial charge is 0.436 e. The molecule has 1 N–H and O–H groups in total. The van der Waals surface area contributed by atoms with Crippen molar-refractivity contribution in [3.63, 3.8) is 0 Å². The second-order valence-electron chi connectivity index (χ2n) is 6.26. The smallest absolute Gasteiger partial charge is 0.326 e. The number of hydrogen-bond acceptors (Lipinski definition) is 7. The van der Waals surface area contributed by atoms with E-state index in [-0.39, 0.29) is 6.29 Å². The predicted octanol–water partition coefficient (Wildman–Crippen LogP) is 2.31. The summed E-state index contributed by atoms with van der Waals surface area (Å²) in [7, 11) is -2.34. The van der Waals surface area contributed by atoms with Crippen molar-refractivity contribution in [1.82, 2.24) is 0 Å². The van der Waals surface area contributed by atoms with Gasteiger partial charge in [-0.15, -0.1) is 0 Å². The number of rotatable bonds is 12. The first kappa shape index (κ1) is 23.3. The van der Waals surface area contributed by atoms with Gasteiger partial charge in [-0.1, -0.05) is 12.2 Å². The van der Waals surface area contributed by atoms with Crippen LogP contribution in [0.4, 0.5) is 0 Å². The van der Waals surface area contributed by atoms with Crippen molar-refractivity contribution < 1.29 is 27.9 Å². The van der Waals surface area contributed by atoms with Gasteiger partial charge in [0.1, 0.15) is 6.61 Å². The highest BCUT2D eigenvalue weighted by Gasteiger charge is 2.38. The Morgan fingerprint density at radius 3 is 2.35 bits per heavy atom. The fraction of sp³-hybridized carbons (Fsp3) is 0.929. The van der Waals surface area contributed by atoms with Crippen molar-refractivity contribution in [2.45, 2.75) is 51.0 Å². The molecule has 1 fully saturated rings. The van der Waals surface area contributed by atoms with Crippen molar-refractivity contribution >= 4 is 35.0 Å². The molecule has 3 atom stereocenters. The van der Waals surface area contributed by atoms with Crippen LogP contribution in [0.5, 0.6) is 0 Å². The molecule has 0 bridgehead atoms. The summed E-state index contributed by atoms with van der Waals surface area (Å²) < 4.78 is 28.0. The molecule has 9 heteroatoms. The fourth-order valence-corrected chi connectivity index (χ4v) is 9.07. The average Bonchev–Trinajstić information content (AvgIpc) is 3.29. The summed E-state index contributed by atoms with van der Waals surface area (Å²) in [6.45, 7) is 10.5. The average molecular weight is 385 g/mol. The highest BCUT2D eigenvalue weighted by Crippen LogP contribution is 2.23. The Kier molecular flexibility index (Phi) is 11.9. The number of aliphatic hydroxyl groups is 1. The van der Waals surface area contributed by atoms with Gasteiger partial charge in [0.05, 0.1) is 19.3 Å². The molecule has 1 aliphatic rings. The van der Waals surface area contributed by atoms with Gasteiger partial charge in [0.2, 0.25) is 0 Å². The van der Waals surface area contributed by atoms with E-state index in [1.54, 1.807) is 14.0 Å². The third-order valence-electron chi connectivity index (χ3n) is 3.29. The molecule has 138 valence electrons. The number of hydrogen-bond donors (Lipinski definition) is 1. The zero-order chi connectivity index (χ0) is 17.9. The van der Waals surface area contributed by atoms with Crippen LogP contribution in [0.2, 0.25) is 31.7 Å². The van der Waals surface area contributed by atoms with E-state index in [9.17, 15) is 5.11 Å². The SMILES string of the molecule is C=S.CO[Si](C)(CCOC1CO1)O[Si](C)(C)CCOCC(C)O. The first-order valence-corrected chi connectivity index (χ1v) is 14.0. The summed E-state index contributed by atoms with van der Waals surface area (Å²) in [4.78, 5) is 0. The van der Waals surface area contributed by atoms with Gasteiger partial charge in [-0.05, 0) is 38.5 Å². The highest BCUT2D eigenvalue weighted by molar-refractivity contribution is 7.77. The van der Waals surface area contributed by atoms with Gasteiger partial charge in [0, 0.05) is 19.8 Å². The van der Waals surface area contributed by atoms with E-state index in [0.717, 1.165) is 12.1 Å². The summed E-state index contributed by atoms with van der Waals surface area (Å²) in [6, 6.07) is 1.69. The zero-order valence-corrected chi connectivity index (χ0v) is 17.8. The molecule has 0 saturated carbocycles. The number of aliphatic hydroxyl groups excluding tert-OH is 1. The Bertz CT molecular complexity index is 318. The molecule has 1 rings (SSSR count). The molecule has 23 heavy (non-hydrogen) atoms. The van der Waals surface area contributed by atoms with Gasteiger partial charge in [-0.25, -0.2) is 0 Å². The van der Waals surface area contributed by atoms with Crippen molar-refractivity contribution in [1.29, 1.82) is 0 Å². The Labute approximate surface area is 147 Å². The Balaban J connectivity index is 0.00000232. The first-order valence-electron chi connectivity index (χ1n) is 7.79. The summed E-state index contributed by atoms with van der Waals surface area (Å²) in [5.41, 5.74) is 0. The van der Waals surface area contributed by atoms with Crippen molar-refractivity contribution in [2.24, 2.45) is 0 Å². The van der Waals surface area contributed by atoms with Gasteiger partial charge < -0.3 is 27.9 Å². The van der Waals surface area contributed by atoms with Crippen LogP contribution in [0.3, 0.4) is 0 Å². The van der Waals surface area contributed by atoms with Crippen LogP contribution in [0, 0.1) is 0 Å². The maximum Gasteiger partial charge on any atom is 0.326 e. The molecule has 1 saturated heterocycles. The Hall–Kier alpha value is 0.284. The molecule has 0 aromatic rings. The zero-order valence-electron chi connectivity index (χ0n) is 15.0. The van der Waals surface area contributed by atoms with E-state index in [0.29, 0.717) is 26.4 Å². The topological polar surface area (TPSA) is 69.7 Å². The van der Waals surface area contributed by atoms with E-state index in [4.69, 9.17) is 22.8 Å². The minimum absolute atomic E-state index is 0.0146. The molecule has 0 amide bonds. The van der Waals surface area contributed by atoms with Crippen LogP contribution >= 0.6 is 12.2 Å². The quantitative estimate of drug-likeness (QED) is 0.240. The molecule has 6 nitrogen and oxygen atoms in total. The summed E-state index contributed by atoms with van der Waals surface area (Å²) >= 11 is 3.83. The van der Waals surface area contributed by atoms with Gasteiger partial charge in [-0.3, -0.25) is 0 Å². The first-order chi connectivity index (χ1) is 10.8. The van der Waals surface area contributed by atoms with Gasteiger partial charge in [0.15, 0.2) is 14.6 Å². The monoisotopic (exact) mass is 384 g/mol. The van der Waals surface area contributed by atoms with Gasteiger partial charge in [-0.2, -0.15) is 0 Å². The van der Waals surface area contributed by atoms with Gasteiger partial charge >= 0.3 is 8.56 Å². The van der Waals surface area contributed by atoms with Crippen molar-refractivity contribution in [3.8, 4) is 0 Å². The molecule has 0 radical (unpaired) electrons. The van der Waals surface area contributed by atoms with Crippen LogP contribution in [0.15, 0.2) is 0 Å². The fourth-order valence-electron chi connectivity index (χ4n) is 1.91. The van der Waals surface area contributed by atoms with E-state index in [1.165, 1.54) is 0 Å². The lowest BCUT2D eigenvalue weighted by molar-refractivity contribution is 0.0510. The lowest BCUT2D eigenvalue weighted by Gasteiger charge is -2.34. The van der Waals surface area contributed by atoms with Crippen LogP contribution in [0.25, 0.3) is 0 Å².